The normalized spacial score (nSPS) is 33.8. The van der Waals surface area contributed by atoms with E-state index in [2.05, 4.69) is 189 Å². The van der Waals surface area contributed by atoms with Crippen molar-refractivity contribution in [2.75, 3.05) is 97.5 Å². The average Bonchev–Trinajstić information content (AvgIpc) is 1.66. The second kappa shape index (κ2) is 38.8. The summed E-state index contributed by atoms with van der Waals surface area (Å²) < 4.78 is 30.5. The van der Waals surface area contributed by atoms with E-state index in [-0.39, 0.29) is 47.2 Å². The summed E-state index contributed by atoms with van der Waals surface area (Å²) in [5, 5.41) is 112. The Balaban J connectivity index is 0.000000218. The highest BCUT2D eigenvalue weighted by Crippen LogP contribution is 2.47. The Morgan fingerprint density at radius 2 is 0.777 bits per heavy atom. The van der Waals surface area contributed by atoms with E-state index in [1.807, 2.05) is 41.5 Å². The van der Waals surface area contributed by atoms with Gasteiger partial charge in [0.05, 0.1) is 40.3 Å². The highest BCUT2D eigenvalue weighted by atomic mass is 127. The third kappa shape index (κ3) is 25.7. The highest BCUT2D eigenvalue weighted by Gasteiger charge is 2.53. The lowest BCUT2D eigenvalue weighted by atomic mass is 9.96. The minimum absolute atomic E-state index is 0.0751. The van der Waals surface area contributed by atoms with Gasteiger partial charge < -0.3 is 123 Å². The van der Waals surface area contributed by atoms with Gasteiger partial charge in [-0.15, -0.1) is 65.9 Å². The molecule has 5 saturated heterocycles. The Morgan fingerprint density at radius 1 is 0.446 bits per heavy atom. The molecule has 5 fully saturated rings. The Kier molecular flexibility index (Phi) is 33.3. The van der Waals surface area contributed by atoms with Crippen molar-refractivity contribution in [3.05, 3.63) is 107 Å². The van der Waals surface area contributed by atoms with Gasteiger partial charge in [-0.1, -0.05) is 67.5 Å². The summed E-state index contributed by atoms with van der Waals surface area (Å²) in [7, 11) is 0. The SMILES string of the molecule is C=C1N=C(N)C(C)=CN1[C@@H]1O[C@H](C(C)CP(=C)(C)C)[C@@H](O)[C@H]1O.C=C1N=C(N)C(I)=CN1[C@@H]1O[C@H](C(C)CP(=C)(C)C)[C@@H](O)[C@H]1O.C=C1N=C(N)C=CN1[C@@H]1O[C@H](C(C)CP(=C)(C)C)[C@@H](O)[C@H]1O.C=C1N=C(N)C=NN1[C@@H]1O[C@H](C(C)CP(=C)(C)C)[C@@H](O)[C@H]1O.C=C1NC(N)=NC=C1[C@@H]1O[C@H](C(C)CP(=C)(C)C)[C@@H](O)[C@H]1O. The molecule has 5 unspecified atom stereocenters. The Bertz CT molecular complexity index is 3840. The van der Waals surface area contributed by atoms with Crippen molar-refractivity contribution in [3.63, 3.8) is 0 Å². The number of aliphatic hydroxyl groups excluding tert-OH is 10. The summed E-state index contributed by atoms with van der Waals surface area (Å²) >= 11 is 2.06. The van der Waals surface area contributed by atoms with Crippen LogP contribution in [0.25, 0.3) is 0 Å². The Labute approximate surface area is 677 Å². The van der Waals surface area contributed by atoms with E-state index in [1.54, 1.807) is 39.4 Å². The lowest BCUT2D eigenvalue weighted by Crippen LogP contribution is -2.42. The van der Waals surface area contributed by atoms with Crippen molar-refractivity contribution in [2.24, 2.45) is 88.3 Å². The van der Waals surface area contributed by atoms with Crippen molar-refractivity contribution in [1.29, 1.82) is 0 Å². The van der Waals surface area contributed by atoms with E-state index in [9.17, 15) is 51.1 Å². The van der Waals surface area contributed by atoms with Crippen LogP contribution in [0, 0.1) is 29.6 Å². The first-order chi connectivity index (χ1) is 51.3. The molecular weight excluding hydrogens is 1650 g/mol. The zero-order valence-electron chi connectivity index (χ0n) is 68.0. The molecule has 0 saturated carbocycles. The second-order valence-electron chi connectivity index (χ2n) is 34.2. The first kappa shape index (κ1) is 96.2. The van der Waals surface area contributed by atoms with Crippen LogP contribution in [0.2, 0.25) is 0 Å². The molecule has 10 aliphatic heterocycles. The minimum atomic E-state index is -1.26. The number of aliphatic hydroxyl groups is 10. The number of guanidine groups is 1. The van der Waals surface area contributed by atoms with Gasteiger partial charge in [0.25, 0.3) is 0 Å². The predicted molar refractivity (Wildman–Crippen MR) is 479 cm³/mol. The largest absolute Gasteiger partial charge is 0.388 e. The number of amidine groups is 4. The maximum atomic E-state index is 10.4. The van der Waals surface area contributed by atoms with Crippen molar-refractivity contribution in [3.8, 4) is 0 Å². The zero-order valence-corrected chi connectivity index (χ0v) is 74.6. The van der Waals surface area contributed by atoms with Crippen molar-refractivity contribution >= 4 is 124 Å². The van der Waals surface area contributed by atoms with Crippen molar-refractivity contribution in [2.45, 2.75) is 164 Å². The molecule has 0 aromatic heterocycles. The summed E-state index contributed by atoms with van der Waals surface area (Å²) in [5.74, 6) is 3.53. The fraction of sp³-hybridized carbons (Fsp3) is 0.613. The monoisotopic (exact) mass is 1780 g/mol. The number of aliphatic imine (C=N–C) groups is 5. The van der Waals surface area contributed by atoms with Gasteiger partial charge in [0.1, 0.15) is 114 Å². The molecule has 21 N–H and O–H groups in total. The van der Waals surface area contributed by atoms with Gasteiger partial charge in [-0.05, 0) is 163 Å². The molecule has 37 heteroatoms. The van der Waals surface area contributed by atoms with Gasteiger partial charge >= 0.3 is 0 Å². The van der Waals surface area contributed by atoms with Crippen molar-refractivity contribution in [1.82, 2.24) is 25.0 Å². The average molecular weight is 1780 g/mol. The van der Waals surface area contributed by atoms with Gasteiger partial charge in [-0.2, -0.15) is 5.10 Å². The van der Waals surface area contributed by atoms with Crippen LogP contribution in [0.15, 0.2) is 138 Å². The smallest absolute Gasteiger partial charge is 0.197 e. The molecule has 0 aromatic rings. The number of nitrogens with one attached hydrogen (secondary N) is 1. The zero-order chi connectivity index (χ0) is 85.0. The number of hydrogen-bond acceptors (Lipinski definition) is 31. The quantitative estimate of drug-likeness (QED) is 0.0615. The summed E-state index contributed by atoms with van der Waals surface area (Å²) in [6, 6.07) is 0. The topological polar surface area (TPSA) is 478 Å². The van der Waals surface area contributed by atoms with Gasteiger partial charge in [-0.3, -0.25) is 0 Å². The number of ether oxygens (including phenoxy) is 5. The Morgan fingerprint density at radius 3 is 1.15 bits per heavy atom. The lowest BCUT2D eigenvalue weighted by molar-refractivity contribution is -0.0836. The molecule has 0 bridgehead atoms. The van der Waals surface area contributed by atoms with E-state index < -0.39 is 157 Å². The lowest BCUT2D eigenvalue weighted by Gasteiger charge is -2.32. The molecule has 25 atom stereocenters. The fourth-order valence-corrected chi connectivity index (χ4v) is 24.3. The number of halogens is 1. The Hall–Kier alpha value is -4.69. The van der Waals surface area contributed by atoms with E-state index in [0.29, 0.717) is 46.2 Å². The molecule has 10 aliphatic rings. The molecule has 0 amide bonds. The van der Waals surface area contributed by atoms with E-state index in [0.717, 1.165) is 40.0 Å². The summed E-state index contributed by atoms with van der Waals surface area (Å²) in [4.78, 5) is 25.2. The molecule has 10 rings (SSSR count). The third-order valence-electron chi connectivity index (χ3n) is 19.6. The van der Waals surface area contributed by atoms with Gasteiger partial charge in [-0.25, -0.2) is 30.0 Å². The highest BCUT2D eigenvalue weighted by molar-refractivity contribution is 14.1. The number of nitrogens with two attached hydrogens (primary N) is 5. The van der Waals surface area contributed by atoms with Crippen LogP contribution >= 0.6 is 57.0 Å². The number of hydrazone groups is 1. The maximum Gasteiger partial charge on any atom is 0.197 e. The van der Waals surface area contributed by atoms with Crippen LogP contribution in [0.5, 0.6) is 0 Å². The molecule has 0 aliphatic carbocycles. The van der Waals surface area contributed by atoms with Crippen LogP contribution in [-0.4, -0.2) is 358 Å². The predicted octanol–water partition coefficient (Wildman–Crippen LogP) is 2.51. The first-order valence-corrected chi connectivity index (χ1v) is 53.2. The van der Waals surface area contributed by atoms with Crippen LogP contribution < -0.4 is 34.0 Å². The summed E-state index contributed by atoms with van der Waals surface area (Å²) in [5.41, 5.74) is 30.2. The standard InChI is InChI=1S/C16H28N3O3P.C15H25IN3O3P.2C15H26N3O3P.C14H25N4O3P/c1-9-7-19(11(3)18-15(9)17)16-13(21)12(20)14(22-16)10(2)8-23(4,5)6;1-8(7-23(3,4)5)13-11(20)12(21)15(22-13)19-6-10(16)14(17)18-9(19)2;1-8(7-22(3,4)5)13-11(19)12(20)14(21-13)10-6-17-15(16)18-9(10)2;1-9(8-22(3,4)5)14-12(19)13(20)15(21-14)18-7-6-11(16)17-10(18)2;1-8(7-22(3,4)5)13-11(19)12(20)14(21-13)18-9(2)17-10(15)6-16-18/h7,10,12-14,16,20-21H,3-4,8H2,1-2,5-6H3,(H2,17,18);6,8,11-13,15,20-21H,2-3,7H2,1,4-5H3,(H2,17,18);6,8,11-14,19-20H,2-3,7H2,1,4-5H3,(H3,16,17,18);6-7,9,12-15,19-20H,2-3,8H2,1,4-5H3,(H2,16,17);6,8,11-14,19-20H,2-3,7H2,1,4-5H3,(H2,15,17)/t10?,12-,13+,14+,16+;8?,11-,12+,13+,15+;8?,11-,12+,13+,14-;9?,12-,13+,14+,15+;8?,11-,12+,13+,14+/m00000/s1. The third-order valence-corrected chi connectivity index (χ3v) is 28.2. The van der Waals surface area contributed by atoms with Crippen LogP contribution in [0.3, 0.4) is 0 Å². The van der Waals surface area contributed by atoms with Gasteiger partial charge in [0.2, 0.25) is 0 Å². The molecule has 10 heterocycles. The van der Waals surface area contributed by atoms with Gasteiger partial charge in [0, 0.05) is 41.6 Å². The maximum absolute atomic E-state index is 10.4. The molecule has 632 valence electrons. The number of hydrogen-bond donors (Lipinski definition) is 16. The minimum Gasteiger partial charge on any atom is -0.388 e. The second-order valence-corrected chi connectivity index (χ2v) is 56.6. The van der Waals surface area contributed by atoms with E-state index >= 15 is 0 Å². The molecule has 112 heavy (non-hydrogen) atoms. The van der Waals surface area contributed by atoms with Crippen LogP contribution in [0.1, 0.15) is 41.5 Å². The molecule has 0 aromatic carbocycles. The summed E-state index contributed by atoms with van der Waals surface area (Å²) in [6.07, 6.45) is 19.2. The van der Waals surface area contributed by atoms with Crippen molar-refractivity contribution < 1.29 is 74.7 Å². The number of rotatable bonds is 20. The molecule has 0 spiro atoms. The first-order valence-electron chi connectivity index (χ1n) is 36.8. The van der Waals surface area contributed by atoms with Crippen LogP contribution in [0.4, 0.5) is 0 Å². The fourth-order valence-electron chi connectivity index (χ4n) is 15.0. The van der Waals surface area contributed by atoms with Crippen LogP contribution in [-0.2, 0) is 23.7 Å². The van der Waals surface area contributed by atoms with Gasteiger partial charge in [0.15, 0.2) is 30.9 Å². The molecular formula is C75H130IN16O15P5. The van der Waals surface area contributed by atoms with E-state index in [1.165, 1.54) is 17.4 Å². The molecule has 0 radical (unpaired) electrons. The number of nitrogens with zero attached hydrogens (tertiary/aromatic N) is 10. The molecule has 31 nitrogen and oxygen atoms in total. The van der Waals surface area contributed by atoms with E-state index in [4.69, 9.17) is 52.4 Å². The summed E-state index contributed by atoms with van der Waals surface area (Å²) in [6.45, 7) is 46.2.